The van der Waals surface area contributed by atoms with Crippen molar-refractivity contribution in [1.82, 2.24) is 0 Å². The first-order valence-electron chi connectivity index (χ1n) is 0. The van der Waals surface area contributed by atoms with Crippen molar-refractivity contribution in [3.05, 3.63) is 0 Å². The van der Waals surface area contributed by atoms with Crippen LogP contribution in [-0.4, -0.2) is 0 Å². The molecule has 0 aliphatic heterocycles. The van der Waals surface area contributed by atoms with Gasteiger partial charge in [0, 0.05) is 21.1 Å². The molecule has 0 aromatic heterocycles. The Morgan fingerprint density at radius 1 is 0.400 bits per heavy atom. The van der Waals surface area contributed by atoms with E-state index in [2.05, 4.69) is 0 Å². The summed E-state index contributed by atoms with van der Waals surface area (Å²) in [5, 5.41) is 0. The van der Waals surface area contributed by atoms with Crippen molar-refractivity contribution in [1.29, 1.82) is 0 Å². The standard InChI is InChI=1S/4HI.Pt/h4*1H;. The maximum atomic E-state index is 0. The van der Waals surface area contributed by atoms with Gasteiger partial charge in [0.05, 0.1) is 0 Å². The topological polar surface area (TPSA) is 0 Å². The zero-order valence-corrected chi connectivity index (χ0v) is 13.5. The summed E-state index contributed by atoms with van der Waals surface area (Å²) >= 11 is 0. The van der Waals surface area contributed by atoms with Crippen LogP contribution in [0.2, 0.25) is 0 Å². The molecule has 0 aliphatic rings. The second kappa shape index (κ2) is 25.5. The van der Waals surface area contributed by atoms with E-state index in [1.165, 1.54) is 0 Å². The van der Waals surface area contributed by atoms with Gasteiger partial charge in [-0.05, 0) is 0 Å². The van der Waals surface area contributed by atoms with Gasteiger partial charge in [-0.3, -0.25) is 0 Å². The van der Waals surface area contributed by atoms with Gasteiger partial charge in [-0.25, -0.2) is 0 Å². The van der Waals surface area contributed by atoms with Gasteiger partial charge in [0.1, 0.15) is 0 Å². The molecule has 5 heteroatoms. The predicted molar refractivity (Wildman–Crippen MR) is 61.7 cm³/mol. The van der Waals surface area contributed by atoms with Crippen molar-refractivity contribution in [2.75, 3.05) is 0 Å². The summed E-state index contributed by atoms with van der Waals surface area (Å²) in [6.45, 7) is 0. The second-order valence-electron chi connectivity index (χ2n) is 0. The molecule has 0 fully saturated rings. The van der Waals surface area contributed by atoms with E-state index < -0.39 is 0 Å². The van der Waals surface area contributed by atoms with Gasteiger partial charge in [-0.2, -0.15) is 0 Å². The van der Waals surface area contributed by atoms with Crippen LogP contribution in [0.5, 0.6) is 0 Å². The van der Waals surface area contributed by atoms with Gasteiger partial charge in [0.15, 0.2) is 0 Å². The Morgan fingerprint density at radius 3 is 0.400 bits per heavy atom. The molecule has 0 unspecified atom stereocenters. The van der Waals surface area contributed by atoms with Gasteiger partial charge in [0.25, 0.3) is 0 Å². The third-order valence-corrected chi connectivity index (χ3v) is 0. The van der Waals surface area contributed by atoms with Crippen molar-refractivity contribution >= 4 is 95.9 Å². The second-order valence-corrected chi connectivity index (χ2v) is 0. The monoisotopic (exact) mass is 707 g/mol. The first-order valence-corrected chi connectivity index (χ1v) is 0. The summed E-state index contributed by atoms with van der Waals surface area (Å²) in [5.41, 5.74) is 0. The van der Waals surface area contributed by atoms with Gasteiger partial charge in [-0.15, -0.1) is 95.9 Å². The molecule has 0 bridgehead atoms. The summed E-state index contributed by atoms with van der Waals surface area (Å²) in [4.78, 5) is 0. The average Bonchev–Trinajstić information content (AvgIpc) is 0. The summed E-state index contributed by atoms with van der Waals surface area (Å²) in [6.07, 6.45) is 0. The molecular formula is H4I4Pt. The molecule has 0 atom stereocenters. The van der Waals surface area contributed by atoms with Crippen LogP contribution < -0.4 is 0 Å². The van der Waals surface area contributed by atoms with E-state index in [1.807, 2.05) is 0 Å². The molecular weight excluding hydrogens is 703 g/mol. The molecule has 42 valence electrons. The SMILES string of the molecule is I.I.I.I.[Pt]. The molecule has 0 N–H and O–H groups in total. The molecule has 0 aromatic carbocycles. The third-order valence-electron chi connectivity index (χ3n) is 0. The normalized spacial score (nSPS) is 0. The molecule has 0 rings (SSSR count). The molecule has 0 spiro atoms. The van der Waals surface area contributed by atoms with Gasteiger partial charge in [0.2, 0.25) is 0 Å². The molecule has 0 saturated heterocycles. The average molecular weight is 707 g/mol. The molecule has 0 radical (unpaired) electrons. The fraction of sp³-hybridized carbons (Fsp3) is 0. The van der Waals surface area contributed by atoms with E-state index >= 15 is 0 Å². The molecule has 0 aliphatic carbocycles. The molecule has 5 heavy (non-hydrogen) atoms. The van der Waals surface area contributed by atoms with Crippen LogP contribution in [0.1, 0.15) is 0 Å². The Balaban J connectivity index is 0. The maximum absolute atomic E-state index is 0. The molecule has 0 amide bonds. The van der Waals surface area contributed by atoms with Crippen LogP contribution in [0, 0.1) is 0 Å². The van der Waals surface area contributed by atoms with Gasteiger partial charge >= 0.3 is 0 Å². The van der Waals surface area contributed by atoms with Crippen molar-refractivity contribution in [3.8, 4) is 0 Å². The van der Waals surface area contributed by atoms with Crippen molar-refractivity contribution in [2.45, 2.75) is 0 Å². The van der Waals surface area contributed by atoms with Crippen LogP contribution in [-0.2, 0) is 21.1 Å². The molecule has 0 nitrogen and oxygen atoms in total. The van der Waals surface area contributed by atoms with E-state index in [-0.39, 0.29) is 117 Å². The van der Waals surface area contributed by atoms with E-state index in [0.29, 0.717) is 0 Å². The van der Waals surface area contributed by atoms with E-state index in [1.54, 1.807) is 0 Å². The zero-order valence-electron chi connectivity index (χ0n) is 1.95. The Morgan fingerprint density at radius 2 is 0.400 bits per heavy atom. The fourth-order valence-corrected chi connectivity index (χ4v) is 0. The smallest absolute Gasteiger partial charge is 0 e. The first-order chi connectivity index (χ1) is 0. The van der Waals surface area contributed by atoms with Crippen LogP contribution in [0.3, 0.4) is 0 Å². The Hall–Kier alpha value is 3.61. The largest absolute Gasteiger partial charge is 0.107 e. The summed E-state index contributed by atoms with van der Waals surface area (Å²) in [7, 11) is 0. The fourth-order valence-electron chi connectivity index (χ4n) is 0. The minimum atomic E-state index is 0. The third kappa shape index (κ3) is 18.4. The van der Waals surface area contributed by atoms with E-state index in [9.17, 15) is 0 Å². The van der Waals surface area contributed by atoms with Crippen LogP contribution in [0.15, 0.2) is 0 Å². The number of halogens is 4. The Kier molecular flexibility index (Phi) is 195. The van der Waals surface area contributed by atoms with Crippen LogP contribution in [0.25, 0.3) is 0 Å². The molecule has 0 heterocycles. The first kappa shape index (κ1) is 38.3. The quantitative estimate of drug-likeness (QED) is 0.340. The van der Waals surface area contributed by atoms with E-state index in [0.717, 1.165) is 0 Å². The summed E-state index contributed by atoms with van der Waals surface area (Å²) < 4.78 is 0. The number of hydrogen-bond acceptors (Lipinski definition) is 0. The maximum Gasteiger partial charge on any atom is 0 e. The predicted octanol–water partition coefficient (Wildman–Crippen LogP) is 2.47. The minimum absolute atomic E-state index is 0. The van der Waals surface area contributed by atoms with Crippen molar-refractivity contribution in [2.24, 2.45) is 0 Å². The Bertz CT molecular complexity index is 3.61. The molecule has 0 aromatic rings. The zero-order chi connectivity index (χ0) is 0. The van der Waals surface area contributed by atoms with Crippen molar-refractivity contribution < 1.29 is 21.1 Å². The van der Waals surface area contributed by atoms with E-state index in [4.69, 9.17) is 0 Å². The summed E-state index contributed by atoms with van der Waals surface area (Å²) in [6, 6.07) is 0. The van der Waals surface area contributed by atoms with Crippen LogP contribution >= 0.6 is 95.9 Å². The number of rotatable bonds is 0. The minimum Gasteiger partial charge on any atom is -0.107 e. The Labute approximate surface area is 114 Å². The van der Waals surface area contributed by atoms with Gasteiger partial charge in [-0.1, -0.05) is 0 Å². The number of hydrogen-bond donors (Lipinski definition) is 0. The summed E-state index contributed by atoms with van der Waals surface area (Å²) in [5.74, 6) is 0. The van der Waals surface area contributed by atoms with Crippen LogP contribution in [0.4, 0.5) is 0 Å². The molecule has 0 saturated carbocycles. The van der Waals surface area contributed by atoms with Crippen molar-refractivity contribution in [3.63, 3.8) is 0 Å². The van der Waals surface area contributed by atoms with Gasteiger partial charge < -0.3 is 0 Å².